The predicted octanol–water partition coefficient (Wildman–Crippen LogP) is 6.13. The third kappa shape index (κ3) is 3.92. The molecule has 0 N–H and O–H groups in total. The van der Waals surface area contributed by atoms with Gasteiger partial charge < -0.3 is 18.9 Å². The van der Waals surface area contributed by atoms with Gasteiger partial charge in [0.2, 0.25) is 5.78 Å². The molecular formula is C26H21BrO5. The van der Waals surface area contributed by atoms with Gasteiger partial charge in [-0.1, -0.05) is 40.2 Å². The lowest BCUT2D eigenvalue weighted by atomic mass is 10.0. The molecular weight excluding hydrogens is 472 g/mol. The molecule has 2 aliphatic rings. The van der Waals surface area contributed by atoms with Gasteiger partial charge >= 0.3 is 0 Å². The SMILES string of the molecule is Cc1ccccc1/C=C1\Oc2cc(OCc3cc(Br)cc4c3OCOC4)cc(C)c2C1=O. The molecule has 5 rings (SSSR count). The van der Waals surface area contributed by atoms with Crippen molar-refractivity contribution in [3.63, 3.8) is 0 Å². The fourth-order valence-corrected chi connectivity index (χ4v) is 4.53. The highest BCUT2D eigenvalue weighted by molar-refractivity contribution is 9.10. The Labute approximate surface area is 194 Å². The molecule has 3 aromatic carbocycles. The summed E-state index contributed by atoms with van der Waals surface area (Å²) >= 11 is 3.53. The minimum Gasteiger partial charge on any atom is -0.489 e. The van der Waals surface area contributed by atoms with E-state index in [4.69, 9.17) is 18.9 Å². The number of benzene rings is 3. The van der Waals surface area contributed by atoms with Crippen molar-refractivity contribution in [3.05, 3.63) is 92.1 Å². The molecule has 0 spiro atoms. The van der Waals surface area contributed by atoms with Crippen LogP contribution in [-0.2, 0) is 18.0 Å². The Morgan fingerprint density at radius 2 is 1.94 bits per heavy atom. The van der Waals surface area contributed by atoms with Gasteiger partial charge in [0.05, 0.1) is 12.2 Å². The van der Waals surface area contributed by atoms with E-state index in [2.05, 4.69) is 15.9 Å². The zero-order valence-corrected chi connectivity index (χ0v) is 19.3. The third-order valence-corrected chi connectivity index (χ3v) is 6.02. The first-order valence-corrected chi connectivity index (χ1v) is 11.1. The number of Topliss-reactive ketones (excluding diaryl/α,β-unsaturated/α-hetero) is 1. The monoisotopic (exact) mass is 492 g/mol. The smallest absolute Gasteiger partial charge is 0.232 e. The normalized spacial score (nSPS) is 15.7. The molecule has 3 aromatic rings. The Kier molecular flexibility index (Phi) is 5.49. The van der Waals surface area contributed by atoms with Crippen molar-refractivity contribution in [2.75, 3.05) is 6.79 Å². The molecule has 2 heterocycles. The van der Waals surface area contributed by atoms with Crippen LogP contribution in [0.15, 0.2) is 58.8 Å². The molecule has 0 unspecified atom stereocenters. The van der Waals surface area contributed by atoms with Crippen LogP contribution >= 0.6 is 15.9 Å². The van der Waals surface area contributed by atoms with Crippen molar-refractivity contribution < 1.29 is 23.7 Å². The van der Waals surface area contributed by atoms with Gasteiger partial charge in [0.1, 0.15) is 23.9 Å². The van der Waals surface area contributed by atoms with Crippen LogP contribution in [0.4, 0.5) is 0 Å². The number of ether oxygens (including phenoxy) is 4. The summed E-state index contributed by atoms with van der Waals surface area (Å²) in [6.07, 6.45) is 1.80. The average molecular weight is 493 g/mol. The van der Waals surface area contributed by atoms with E-state index in [1.165, 1.54) is 0 Å². The number of halogens is 1. The van der Waals surface area contributed by atoms with Crippen LogP contribution in [0.5, 0.6) is 17.2 Å². The fourth-order valence-electron chi connectivity index (χ4n) is 3.98. The van der Waals surface area contributed by atoms with E-state index in [1.54, 1.807) is 12.1 Å². The van der Waals surface area contributed by atoms with E-state index in [0.717, 1.165) is 38.0 Å². The van der Waals surface area contributed by atoms with Gasteiger partial charge in [-0.25, -0.2) is 0 Å². The summed E-state index contributed by atoms with van der Waals surface area (Å²) in [6, 6.07) is 15.5. The fraction of sp³-hybridized carbons (Fsp3) is 0.192. The maximum absolute atomic E-state index is 13.0. The molecule has 162 valence electrons. The Balaban J connectivity index is 1.40. The molecule has 0 saturated carbocycles. The van der Waals surface area contributed by atoms with Crippen LogP contribution in [0.2, 0.25) is 0 Å². The number of ketones is 1. The minimum absolute atomic E-state index is 0.109. The van der Waals surface area contributed by atoms with E-state index in [0.29, 0.717) is 36.0 Å². The van der Waals surface area contributed by atoms with E-state index >= 15 is 0 Å². The van der Waals surface area contributed by atoms with Gasteiger partial charge in [-0.3, -0.25) is 4.79 Å². The molecule has 0 saturated heterocycles. The molecule has 6 heteroatoms. The number of allylic oxidation sites excluding steroid dienone is 1. The van der Waals surface area contributed by atoms with E-state index < -0.39 is 0 Å². The number of aryl methyl sites for hydroxylation is 2. The van der Waals surface area contributed by atoms with Gasteiger partial charge in [0.25, 0.3) is 0 Å². The van der Waals surface area contributed by atoms with E-state index in [9.17, 15) is 4.79 Å². The Bertz CT molecular complexity index is 1260. The highest BCUT2D eigenvalue weighted by atomic mass is 79.9. The molecule has 0 bridgehead atoms. The maximum atomic E-state index is 13.0. The van der Waals surface area contributed by atoms with Crippen LogP contribution in [-0.4, -0.2) is 12.6 Å². The van der Waals surface area contributed by atoms with Gasteiger partial charge in [-0.2, -0.15) is 0 Å². The van der Waals surface area contributed by atoms with Crippen molar-refractivity contribution in [3.8, 4) is 17.2 Å². The zero-order valence-electron chi connectivity index (χ0n) is 17.7. The number of rotatable bonds is 4. The number of carbonyl (C=O) groups excluding carboxylic acids is 1. The standard InChI is InChI=1S/C26H21BrO5/c1-15-5-3-4-6-17(15)10-23-25(28)24-16(2)7-21(11-22(24)32-23)30-13-19-9-20(27)8-18-12-29-14-31-26(18)19/h3-11H,12-14H2,1-2H3/b23-10-. The summed E-state index contributed by atoms with van der Waals surface area (Å²) in [6.45, 7) is 4.95. The first-order valence-electron chi connectivity index (χ1n) is 10.3. The first-order chi connectivity index (χ1) is 15.5. The second-order valence-electron chi connectivity index (χ2n) is 7.86. The number of carbonyl (C=O) groups is 1. The minimum atomic E-state index is -0.109. The van der Waals surface area contributed by atoms with Gasteiger partial charge in [-0.15, -0.1) is 0 Å². The lowest BCUT2D eigenvalue weighted by Crippen LogP contribution is -2.14. The molecule has 0 atom stereocenters. The van der Waals surface area contributed by atoms with E-state index in [-0.39, 0.29) is 12.6 Å². The summed E-state index contributed by atoms with van der Waals surface area (Å²) in [4.78, 5) is 13.0. The van der Waals surface area contributed by atoms with Crippen LogP contribution < -0.4 is 14.2 Å². The van der Waals surface area contributed by atoms with Crippen molar-refractivity contribution in [2.24, 2.45) is 0 Å². The molecule has 0 aliphatic carbocycles. The molecule has 0 radical (unpaired) electrons. The molecule has 32 heavy (non-hydrogen) atoms. The number of hydrogen-bond donors (Lipinski definition) is 0. The summed E-state index contributed by atoms with van der Waals surface area (Å²) in [7, 11) is 0. The maximum Gasteiger partial charge on any atom is 0.232 e. The highest BCUT2D eigenvalue weighted by Crippen LogP contribution is 2.38. The lowest BCUT2D eigenvalue weighted by Gasteiger charge is -2.21. The second kappa shape index (κ2) is 8.45. The molecule has 5 nitrogen and oxygen atoms in total. The molecule has 2 aliphatic heterocycles. The van der Waals surface area contributed by atoms with Crippen LogP contribution in [0.3, 0.4) is 0 Å². The largest absolute Gasteiger partial charge is 0.489 e. The second-order valence-corrected chi connectivity index (χ2v) is 8.78. The van der Waals surface area contributed by atoms with Gasteiger partial charge in [0.15, 0.2) is 12.6 Å². The van der Waals surface area contributed by atoms with Gasteiger partial charge in [-0.05, 0) is 54.8 Å². The Morgan fingerprint density at radius 3 is 2.78 bits per heavy atom. The van der Waals surface area contributed by atoms with Crippen molar-refractivity contribution in [1.29, 1.82) is 0 Å². The number of fused-ring (bicyclic) bond motifs is 2. The van der Waals surface area contributed by atoms with Crippen molar-refractivity contribution >= 4 is 27.8 Å². The molecule has 0 amide bonds. The summed E-state index contributed by atoms with van der Waals surface area (Å²) in [5.74, 6) is 2.16. The lowest BCUT2D eigenvalue weighted by molar-refractivity contribution is -0.0176. The zero-order chi connectivity index (χ0) is 22.2. The third-order valence-electron chi connectivity index (χ3n) is 5.56. The summed E-state index contributed by atoms with van der Waals surface area (Å²) in [5.41, 5.74) is 5.34. The molecule has 0 aromatic heterocycles. The van der Waals surface area contributed by atoms with Crippen LogP contribution in [0, 0.1) is 13.8 Å². The predicted molar refractivity (Wildman–Crippen MR) is 124 cm³/mol. The van der Waals surface area contributed by atoms with E-state index in [1.807, 2.05) is 56.3 Å². The topological polar surface area (TPSA) is 54.0 Å². The number of hydrogen-bond acceptors (Lipinski definition) is 5. The first kappa shape index (κ1) is 20.8. The average Bonchev–Trinajstić information content (AvgIpc) is 3.09. The van der Waals surface area contributed by atoms with Crippen LogP contribution in [0.1, 0.15) is 38.2 Å². The summed E-state index contributed by atoms with van der Waals surface area (Å²) in [5, 5.41) is 0. The summed E-state index contributed by atoms with van der Waals surface area (Å²) < 4.78 is 24.0. The Morgan fingerprint density at radius 1 is 1.09 bits per heavy atom. The molecule has 0 fully saturated rings. The quantitative estimate of drug-likeness (QED) is 0.410. The van der Waals surface area contributed by atoms with Crippen molar-refractivity contribution in [1.82, 2.24) is 0 Å². The van der Waals surface area contributed by atoms with Crippen LogP contribution in [0.25, 0.3) is 6.08 Å². The Hall–Kier alpha value is -3.09. The highest BCUT2D eigenvalue weighted by Gasteiger charge is 2.30. The van der Waals surface area contributed by atoms with Crippen molar-refractivity contribution in [2.45, 2.75) is 27.1 Å². The van der Waals surface area contributed by atoms with Gasteiger partial charge in [0, 0.05) is 21.7 Å².